The highest BCUT2D eigenvalue weighted by Crippen LogP contribution is 2.20. The van der Waals surface area contributed by atoms with Crippen molar-refractivity contribution >= 4 is 5.96 Å². The van der Waals surface area contributed by atoms with Crippen molar-refractivity contribution in [2.75, 3.05) is 33.3 Å². The average Bonchev–Trinajstić information content (AvgIpc) is 3.16. The van der Waals surface area contributed by atoms with Crippen molar-refractivity contribution in [1.29, 1.82) is 0 Å². The van der Waals surface area contributed by atoms with E-state index >= 15 is 0 Å². The van der Waals surface area contributed by atoms with Crippen LogP contribution in [0, 0.1) is 5.92 Å². The number of rotatable bonds is 7. The molecule has 142 valence electrons. The molecule has 0 radical (unpaired) electrons. The van der Waals surface area contributed by atoms with E-state index in [-0.39, 0.29) is 0 Å². The molecule has 1 heterocycles. The molecular weight excluding hydrogens is 322 g/mol. The molecule has 1 fully saturated rings. The largest absolute Gasteiger partial charge is 0.376 e. The number of ether oxygens (including phenoxy) is 1. The van der Waals surface area contributed by atoms with E-state index in [9.17, 15) is 0 Å². The van der Waals surface area contributed by atoms with Gasteiger partial charge in [0.05, 0.1) is 13.2 Å². The predicted molar refractivity (Wildman–Crippen MR) is 108 cm³/mol. The molecular formula is C22H33N3O. The highest BCUT2D eigenvalue weighted by Gasteiger charge is 2.24. The summed E-state index contributed by atoms with van der Waals surface area (Å²) in [6.07, 6.45) is 10.0. The first kappa shape index (κ1) is 19.0. The number of hydrogen-bond donors (Lipinski definition) is 1. The van der Waals surface area contributed by atoms with Crippen LogP contribution in [-0.2, 0) is 11.3 Å². The number of nitrogens with one attached hydrogen (secondary N) is 1. The topological polar surface area (TPSA) is 36.9 Å². The molecule has 4 heteroatoms. The zero-order valence-electron chi connectivity index (χ0n) is 16.1. The van der Waals surface area contributed by atoms with Crippen molar-refractivity contribution < 1.29 is 4.74 Å². The summed E-state index contributed by atoms with van der Waals surface area (Å²) in [5.74, 6) is 1.64. The van der Waals surface area contributed by atoms with Crippen molar-refractivity contribution in [2.45, 2.75) is 45.1 Å². The van der Waals surface area contributed by atoms with E-state index in [4.69, 9.17) is 4.74 Å². The van der Waals surface area contributed by atoms with Crippen molar-refractivity contribution in [2.24, 2.45) is 10.9 Å². The Balaban J connectivity index is 1.35. The third kappa shape index (κ3) is 5.87. The molecule has 0 saturated carbocycles. The van der Waals surface area contributed by atoms with Gasteiger partial charge in [-0.3, -0.25) is 4.99 Å². The van der Waals surface area contributed by atoms with Gasteiger partial charge in [-0.2, -0.15) is 0 Å². The Labute approximate surface area is 158 Å². The fraction of sp³-hybridized carbons (Fsp3) is 0.591. The van der Waals surface area contributed by atoms with E-state index in [1.807, 2.05) is 13.1 Å². The van der Waals surface area contributed by atoms with Gasteiger partial charge >= 0.3 is 0 Å². The lowest BCUT2D eigenvalue weighted by atomic mass is 9.97. The van der Waals surface area contributed by atoms with Crippen LogP contribution in [0.4, 0.5) is 0 Å². The van der Waals surface area contributed by atoms with E-state index in [1.54, 1.807) is 5.57 Å². The van der Waals surface area contributed by atoms with E-state index in [0.717, 1.165) is 38.6 Å². The van der Waals surface area contributed by atoms with Crippen LogP contribution in [0.2, 0.25) is 0 Å². The summed E-state index contributed by atoms with van der Waals surface area (Å²) in [6, 6.07) is 10.4. The monoisotopic (exact) mass is 355 g/mol. The van der Waals surface area contributed by atoms with Gasteiger partial charge < -0.3 is 15.0 Å². The number of benzene rings is 1. The van der Waals surface area contributed by atoms with Crippen LogP contribution in [0.3, 0.4) is 0 Å². The number of guanidine groups is 1. The molecule has 1 aromatic rings. The Kier molecular flexibility index (Phi) is 7.56. The van der Waals surface area contributed by atoms with Crippen molar-refractivity contribution in [3.05, 3.63) is 47.5 Å². The lowest BCUT2D eigenvalue weighted by Crippen LogP contribution is -2.40. The van der Waals surface area contributed by atoms with Crippen molar-refractivity contribution in [1.82, 2.24) is 10.2 Å². The van der Waals surface area contributed by atoms with Crippen LogP contribution in [0.5, 0.6) is 0 Å². The van der Waals surface area contributed by atoms with Gasteiger partial charge in [0.2, 0.25) is 0 Å². The zero-order chi connectivity index (χ0) is 18.0. The van der Waals surface area contributed by atoms with Gasteiger partial charge in [-0.1, -0.05) is 42.0 Å². The van der Waals surface area contributed by atoms with E-state index < -0.39 is 0 Å². The molecule has 1 aliphatic carbocycles. The second-order valence-electron chi connectivity index (χ2n) is 7.43. The standard InChI is InChI=1S/C22H33N3O/c1-23-22(24-14-12-19-8-4-2-5-9-19)25-15-13-21(16-25)18-26-17-20-10-6-3-7-11-20/h3,6-8,10-11,21H,2,4-5,9,12-18H2,1H3,(H,23,24). The average molecular weight is 356 g/mol. The highest BCUT2D eigenvalue weighted by molar-refractivity contribution is 5.80. The van der Waals surface area contributed by atoms with Crippen LogP contribution in [-0.4, -0.2) is 44.1 Å². The minimum absolute atomic E-state index is 0.596. The van der Waals surface area contributed by atoms with Gasteiger partial charge in [0.1, 0.15) is 0 Å². The Hall–Kier alpha value is -1.81. The van der Waals surface area contributed by atoms with Crippen LogP contribution in [0.25, 0.3) is 0 Å². The summed E-state index contributed by atoms with van der Waals surface area (Å²) in [5, 5.41) is 3.56. The van der Waals surface area contributed by atoms with Crippen LogP contribution in [0.15, 0.2) is 47.0 Å². The fourth-order valence-electron chi connectivity index (χ4n) is 3.88. The number of nitrogens with zero attached hydrogens (tertiary/aromatic N) is 2. The van der Waals surface area contributed by atoms with Crippen LogP contribution >= 0.6 is 0 Å². The van der Waals surface area contributed by atoms with E-state index in [0.29, 0.717) is 12.5 Å². The SMILES string of the molecule is CN=C(NCCC1=CCCCC1)N1CCC(COCc2ccccc2)C1. The fourth-order valence-corrected chi connectivity index (χ4v) is 3.88. The molecule has 4 nitrogen and oxygen atoms in total. The quantitative estimate of drug-likeness (QED) is 0.456. The molecule has 0 spiro atoms. The Morgan fingerprint density at radius 3 is 2.92 bits per heavy atom. The lowest BCUT2D eigenvalue weighted by molar-refractivity contribution is 0.0907. The van der Waals surface area contributed by atoms with Gasteiger partial charge in [0.15, 0.2) is 5.96 Å². The van der Waals surface area contributed by atoms with E-state index in [1.165, 1.54) is 37.7 Å². The number of likely N-dealkylation sites (tertiary alicyclic amines) is 1. The molecule has 26 heavy (non-hydrogen) atoms. The lowest BCUT2D eigenvalue weighted by Gasteiger charge is -2.22. The first-order valence-corrected chi connectivity index (χ1v) is 10.1. The number of aliphatic imine (C=N–C) groups is 1. The van der Waals surface area contributed by atoms with Gasteiger partial charge in [-0.15, -0.1) is 0 Å². The van der Waals surface area contributed by atoms with Gasteiger partial charge in [-0.05, 0) is 44.1 Å². The minimum atomic E-state index is 0.596. The number of allylic oxidation sites excluding steroid dienone is 1. The molecule has 3 rings (SSSR count). The maximum Gasteiger partial charge on any atom is 0.193 e. The maximum atomic E-state index is 5.93. The zero-order valence-corrected chi connectivity index (χ0v) is 16.1. The van der Waals surface area contributed by atoms with Gasteiger partial charge in [-0.25, -0.2) is 0 Å². The summed E-state index contributed by atoms with van der Waals surface area (Å²) >= 11 is 0. The Morgan fingerprint density at radius 1 is 1.27 bits per heavy atom. The van der Waals surface area contributed by atoms with Crippen molar-refractivity contribution in [3.8, 4) is 0 Å². The molecule has 1 saturated heterocycles. The number of hydrogen-bond acceptors (Lipinski definition) is 2. The van der Waals surface area contributed by atoms with Crippen LogP contribution < -0.4 is 5.32 Å². The van der Waals surface area contributed by atoms with Crippen LogP contribution in [0.1, 0.15) is 44.1 Å². The smallest absolute Gasteiger partial charge is 0.193 e. The second kappa shape index (κ2) is 10.4. The minimum Gasteiger partial charge on any atom is -0.376 e. The predicted octanol–water partition coefficient (Wildman–Crippen LogP) is 3.99. The third-order valence-corrected chi connectivity index (χ3v) is 5.38. The molecule has 0 bridgehead atoms. The first-order chi connectivity index (χ1) is 12.8. The molecule has 1 unspecified atom stereocenters. The van der Waals surface area contributed by atoms with Gasteiger partial charge in [0, 0.05) is 32.6 Å². The molecule has 1 aliphatic heterocycles. The summed E-state index contributed by atoms with van der Waals surface area (Å²) in [7, 11) is 1.89. The molecule has 1 N–H and O–H groups in total. The third-order valence-electron chi connectivity index (χ3n) is 5.38. The first-order valence-electron chi connectivity index (χ1n) is 10.1. The Morgan fingerprint density at radius 2 is 2.15 bits per heavy atom. The van der Waals surface area contributed by atoms with Crippen molar-refractivity contribution in [3.63, 3.8) is 0 Å². The molecule has 2 aliphatic rings. The second-order valence-corrected chi connectivity index (χ2v) is 7.43. The summed E-state index contributed by atoms with van der Waals surface area (Å²) in [4.78, 5) is 6.87. The summed E-state index contributed by atoms with van der Waals surface area (Å²) in [5.41, 5.74) is 2.87. The molecule has 0 aromatic heterocycles. The summed E-state index contributed by atoms with van der Waals surface area (Å²) < 4.78 is 5.93. The Bertz CT molecular complexity index is 597. The highest BCUT2D eigenvalue weighted by atomic mass is 16.5. The van der Waals surface area contributed by atoms with E-state index in [2.05, 4.69) is 45.6 Å². The molecule has 1 atom stereocenters. The molecule has 1 aromatic carbocycles. The normalized spacial score (nSPS) is 21.0. The van der Waals surface area contributed by atoms with Gasteiger partial charge in [0.25, 0.3) is 0 Å². The summed E-state index contributed by atoms with van der Waals surface area (Å²) in [6.45, 7) is 4.64. The maximum absolute atomic E-state index is 5.93. The molecule has 0 amide bonds.